The van der Waals surface area contributed by atoms with Crippen LogP contribution in [0, 0.1) is 0 Å². The molecule has 4 nitrogen and oxygen atoms in total. The Balaban J connectivity index is 1.78. The standard InChI is InChI=1S/C18H16N4/c19-17-5-2-10-21-18(17)22-16-4-1-3-15(13-16)7-6-14-8-11-20-12-9-14/h1-13H,19H2,(H,21,22). The molecule has 0 aliphatic heterocycles. The Morgan fingerprint density at radius 1 is 0.864 bits per heavy atom. The molecule has 0 saturated heterocycles. The van der Waals surface area contributed by atoms with Gasteiger partial charge in [0.25, 0.3) is 0 Å². The Morgan fingerprint density at radius 3 is 2.50 bits per heavy atom. The van der Waals surface area contributed by atoms with Crippen LogP contribution in [0.2, 0.25) is 0 Å². The summed E-state index contributed by atoms with van der Waals surface area (Å²) in [5.74, 6) is 0.665. The lowest BCUT2D eigenvalue weighted by molar-refractivity contribution is 1.31. The van der Waals surface area contributed by atoms with Crippen LogP contribution < -0.4 is 11.1 Å². The predicted octanol–water partition coefficient (Wildman–Crippen LogP) is 3.97. The number of pyridine rings is 2. The second-order valence-corrected chi connectivity index (χ2v) is 4.81. The summed E-state index contributed by atoms with van der Waals surface area (Å²) in [5, 5.41) is 3.23. The molecule has 4 heteroatoms. The molecule has 0 radical (unpaired) electrons. The van der Waals surface area contributed by atoms with Gasteiger partial charge in [-0.05, 0) is 47.5 Å². The quantitative estimate of drug-likeness (QED) is 0.762. The molecule has 0 saturated carbocycles. The SMILES string of the molecule is Nc1cccnc1Nc1cccc(C=Cc2ccncc2)c1. The van der Waals surface area contributed by atoms with Crippen molar-refractivity contribution in [2.24, 2.45) is 0 Å². The van der Waals surface area contributed by atoms with Crippen LogP contribution in [0.1, 0.15) is 11.1 Å². The van der Waals surface area contributed by atoms with Crippen LogP contribution in [-0.4, -0.2) is 9.97 Å². The topological polar surface area (TPSA) is 63.8 Å². The molecule has 1 aromatic carbocycles. The van der Waals surface area contributed by atoms with Crippen molar-refractivity contribution in [3.63, 3.8) is 0 Å². The van der Waals surface area contributed by atoms with E-state index in [-0.39, 0.29) is 0 Å². The van der Waals surface area contributed by atoms with Crippen LogP contribution in [0.25, 0.3) is 12.2 Å². The normalized spacial score (nSPS) is 10.7. The Morgan fingerprint density at radius 2 is 1.68 bits per heavy atom. The molecule has 2 heterocycles. The molecule has 0 aliphatic rings. The van der Waals surface area contributed by atoms with Crippen molar-refractivity contribution >= 4 is 29.3 Å². The molecule has 0 amide bonds. The summed E-state index contributed by atoms with van der Waals surface area (Å²) in [5.41, 5.74) is 9.68. The number of benzene rings is 1. The number of nitrogens with one attached hydrogen (secondary N) is 1. The van der Waals surface area contributed by atoms with Gasteiger partial charge in [0.05, 0.1) is 5.69 Å². The van der Waals surface area contributed by atoms with E-state index in [0.717, 1.165) is 16.8 Å². The first kappa shape index (κ1) is 13.8. The first-order valence-electron chi connectivity index (χ1n) is 6.97. The third kappa shape index (κ3) is 3.49. The molecule has 108 valence electrons. The fourth-order valence-electron chi connectivity index (χ4n) is 2.05. The van der Waals surface area contributed by atoms with Gasteiger partial charge in [0.1, 0.15) is 0 Å². The summed E-state index contributed by atoms with van der Waals surface area (Å²) in [6.07, 6.45) is 9.38. The van der Waals surface area contributed by atoms with E-state index in [4.69, 9.17) is 5.73 Å². The summed E-state index contributed by atoms with van der Waals surface area (Å²) in [4.78, 5) is 8.24. The van der Waals surface area contributed by atoms with Crippen molar-refractivity contribution in [2.45, 2.75) is 0 Å². The molecule has 2 aromatic heterocycles. The maximum Gasteiger partial charge on any atom is 0.153 e. The highest BCUT2D eigenvalue weighted by Gasteiger charge is 2.00. The highest BCUT2D eigenvalue weighted by atomic mass is 15.0. The van der Waals surface area contributed by atoms with Crippen molar-refractivity contribution in [1.29, 1.82) is 0 Å². The van der Waals surface area contributed by atoms with Crippen LogP contribution >= 0.6 is 0 Å². The smallest absolute Gasteiger partial charge is 0.153 e. The fraction of sp³-hybridized carbons (Fsp3) is 0. The first-order chi connectivity index (χ1) is 10.8. The number of nitrogens with zero attached hydrogens (tertiary/aromatic N) is 2. The molecular weight excluding hydrogens is 272 g/mol. The summed E-state index contributed by atoms with van der Waals surface area (Å²) in [7, 11) is 0. The largest absolute Gasteiger partial charge is 0.396 e. The van der Waals surface area contributed by atoms with Crippen molar-refractivity contribution in [1.82, 2.24) is 9.97 Å². The summed E-state index contributed by atoms with van der Waals surface area (Å²) in [6.45, 7) is 0. The highest BCUT2D eigenvalue weighted by molar-refractivity contribution is 5.73. The molecule has 3 rings (SSSR count). The van der Waals surface area contributed by atoms with Crippen LogP contribution in [0.3, 0.4) is 0 Å². The Bertz CT molecular complexity index is 782. The third-order valence-corrected chi connectivity index (χ3v) is 3.16. The molecule has 0 fully saturated rings. The van der Waals surface area contributed by atoms with Gasteiger partial charge in [-0.2, -0.15) is 0 Å². The summed E-state index contributed by atoms with van der Waals surface area (Å²) >= 11 is 0. The number of anilines is 3. The van der Waals surface area contributed by atoms with Crippen LogP contribution in [-0.2, 0) is 0 Å². The zero-order valence-electron chi connectivity index (χ0n) is 12.0. The molecular formula is C18H16N4. The minimum absolute atomic E-state index is 0.625. The second kappa shape index (κ2) is 6.54. The summed E-state index contributed by atoms with van der Waals surface area (Å²) in [6, 6.07) is 15.6. The lowest BCUT2D eigenvalue weighted by atomic mass is 10.1. The van der Waals surface area contributed by atoms with Gasteiger partial charge in [-0.15, -0.1) is 0 Å². The molecule has 0 aliphatic carbocycles. The van der Waals surface area contributed by atoms with Crippen molar-refractivity contribution in [2.75, 3.05) is 11.1 Å². The van der Waals surface area contributed by atoms with Gasteiger partial charge >= 0.3 is 0 Å². The first-order valence-corrected chi connectivity index (χ1v) is 6.97. The van der Waals surface area contributed by atoms with Crippen molar-refractivity contribution in [3.05, 3.63) is 78.2 Å². The number of hydrogen-bond donors (Lipinski definition) is 2. The Hall–Kier alpha value is -3.14. The molecule has 0 unspecified atom stereocenters. The molecule has 0 spiro atoms. The second-order valence-electron chi connectivity index (χ2n) is 4.81. The van der Waals surface area contributed by atoms with Gasteiger partial charge in [-0.25, -0.2) is 4.98 Å². The third-order valence-electron chi connectivity index (χ3n) is 3.16. The lowest BCUT2D eigenvalue weighted by Crippen LogP contribution is -1.98. The maximum absolute atomic E-state index is 5.90. The van der Waals surface area contributed by atoms with Gasteiger partial charge < -0.3 is 11.1 Å². The van der Waals surface area contributed by atoms with Gasteiger partial charge in [-0.3, -0.25) is 4.98 Å². The Labute approximate surface area is 129 Å². The van der Waals surface area contributed by atoms with E-state index in [0.29, 0.717) is 11.5 Å². The van der Waals surface area contributed by atoms with Crippen LogP contribution in [0.4, 0.5) is 17.2 Å². The molecule has 0 atom stereocenters. The van der Waals surface area contributed by atoms with E-state index < -0.39 is 0 Å². The van der Waals surface area contributed by atoms with E-state index in [1.165, 1.54) is 0 Å². The molecule has 22 heavy (non-hydrogen) atoms. The highest BCUT2D eigenvalue weighted by Crippen LogP contribution is 2.21. The van der Waals surface area contributed by atoms with E-state index in [9.17, 15) is 0 Å². The van der Waals surface area contributed by atoms with Gasteiger partial charge in [0.2, 0.25) is 0 Å². The van der Waals surface area contributed by atoms with Crippen molar-refractivity contribution in [3.8, 4) is 0 Å². The van der Waals surface area contributed by atoms with Crippen LogP contribution in [0.15, 0.2) is 67.1 Å². The van der Waals surface area contributed by atoms with E-state index in [2.05, 4.69) is 27.4 Å². The zero-order chi connectivity index (χ0) is 15.2. The van der Waals surface area contributed by atoms with E-state index in [1.807, 2.05) is 48.5 Å². The van der Waals surface area contributed by atoms with E-state index in [1.54, 1.807) is 18.6 Å². The minimum atomic E-state index is 0.625. The number of rotatable bonds is 4. The fourth-order valence-corrected chi connectivity index (χ4v) is 2.05. The minimum Gasteiger partial charge on any atom is -0.396 e. The average Bonchev–Trinajstić information content (AvgIpc) is 2.57. The monoisotopic (exact) mass is 288 g/mol. The summed E-state index contributed by atoms with van der Waals surface area (Å²) < 4.78 is 0. The number of aromatic nitrogens is 2. The lowest BCUT2D eigenvalue weighted by Gasteiger charge is -2.08. The maximum atomic E-state index is 5.90. The Kier molecular flexibility index (Phi) is 4.11. The van der Waals surface area contributed by atoms with E-state index >= 15 is 0 Å². The molecule has 3 N–H and O–H groups in total. The van der Waals surface area contributed by atoms with Crippen LogP contribution in [0.5, 0.6) is 0 Å². The van der Waals surface area contributed by atoms with Gasteiger partial charge in [0.15, 0.2) is 5.82 Å². The van der Waals surface area contributed by atoms with Gasteiger partial charge in [-0.1, -0.05) is 24.3 Å². The zero-order valence-corrected chi connectivity index (χ0v) is 12.0. The van der Waals surface area contributed by atoms with Crippen molar-refractivity contribution < 1.29 is 0 Å². The molecule has 3 aromatic rings. The predicted molar refractivity (Wildman–Crippen MR) is 91.5 cm³/mol. The molecule has 0 bridgehead atoms. The average molecular weight is 288 g/mol. The number of hydrogen-bond acceptors (Lipinski definition) is 4. The number of nitrogens with two attached hydrogens (primary N) is 1. The number of nitrogen functional groups attached to an aromatic ring is 1. The van der Waals surface area contributed by atoms with Gasteiger partial charge in [0, 0.05) is 24.3 Å².